The maximum atomic E-state index is 12.5. The van der Waals surface area contributed by atoms with E-state index < -0.39 is 6.61 Å². The highest BCUT2D eigenvalue weighted by atomic mass is 127. The molecule has 150 valence electrons. The van der Waals surface area contributed by atoms with Gasteiger partial charge in [-0.15, -0.1) is 35.3 Å². The number of benzene rings is 1. The molecule has 2 aromatic rings. The van der Waals surface area contributed by atoms with Crippen LogP contribution in [0, 0.1) is 13.8 Å². The summed E-state index contributed by atoms with van der Waals surface area (Å²) in [5, 5.41) is 7.77. The number of aliphatic imine (C=N–C) groups is 1. The summed E-state index contributed by atoms with van der Waals surface area (Å²) < 4.78 is 29.5. The van der Waals surface area contributed by atoms with Crippen LogP contribution in [-0.4, -0.2) is 31.1 Å². The Morgan fingerprint density at radius 1 is 1.33 bits per heavy atom. The fourth-order valence-corrected chi connectivity index (χ4v) is 3.53. The van der Waals surface area contributed by atoms with E-state index in [9.17, 15) is 8.78 Å². The Morgan fingerprint density at radius 2 is 2.07 bits per heavy atom. The van der Waals surface area contributed by atoms with E-state index in [0.717, 1.165) is 17.1 Å². The van der Waals surface area contributed by atoms with Gasteiger partial charge in [0.15, 0.2) is 5.96 Å². The number of thiazole rings is 1. The van der Waals surface area contributed by atoms with E-state index in [4.69, 9.17) is 11.6 Å². The summed E-state index contributed by atoms with van der Waals surface area (Å²) >= 11 is 7.63. The van der Waals surface area contributed by atoms with Crippen molar-refractivity contribution in [3.8, 4) is 5.75 Å². The molecule has 27 heavy (non-hydrogen) atoms. The quantitative estimate of drug-likeness (QED) is 0.314. The van der Waals surface area contributed by atoms with Crippen molar-refractivity contribution in [2.75, 3.05) is 13.6 Å². The molecule has 1 aromatic heterocycles. The van der Waals surface area contributed by atoms with Crippen LogP contribution in [0.15, 0.2) is 23.2 Å². The largest absolute Gasteiger partial charge is 0.434 e. The molecule has 0 aliphatic heterocycles. The standard InChI is InChI=1S/C17H21ClF2N4OS.HI/c1-10-15(26-11(2)24-10)6-7-22-17(21-3)23-9-12-8-13(18)4-5-14(12)25-16(19)20;/h4-5,8,16H,6-7,9H2,1-3H3,(H2,21,22,23);1H. The lowest BCUT2D eigenvalue weighted by atomic mass is 10.2. The van der Waals surface area contributed by atoms with Crippen molar-refractivity contribution in [3.63, 3.8) is 0 Å². The Balaban J connectivity index is 0.00000364. The minimum absolute atomic E-state index is 0. The SMILES string of the molecule is CN=C(NCCc1sc(C)nc1C)NCc1cc(Cl)ccc1OC(F)F.I. The zero-order chi connectivity index (χ0) is 19.1. The number of alkyl halides is 2. The van der Waals surface area contributed by atoms with E-state index in [2.05, 4.69) is 25.3 Å². The Morgan fingerprint density at radius 3 is 2.67 bits per heavy atom. The number of nitrogens with zero attached hydrogens (tertiary/aromatic N) is 2. The van der Waals surface area contributed by atoms with Crippen LogP contribution in [0.5, 0.6) is 5.75 Å². The van der Waals surface area contributed by atoms with Gasteiger partial charge in [0.25, 0.3) is 0 Å². The van der Waals surface area contributed by atoms with Gasteiger partial charge in [0.2, 0.25) is 0 Å². The van der Waals surface area contributed by atoms with Crippen LogP contribution < -0.4 is 15.4 Å². The van der Waals surface area contributed by atoms with Crippen molar-refractivity contribution in [1.29, 1.82) is 0 Å². The van der Waals surface area contributed by atoms with Crippen LogP contribution in [0.4, 0.5) is 8.78 Å². The lowest BCUT2D eigenvalue weighted by Gasteiger charge is -2.14. The van der Waals surface area contributed by atoms with Crippen LogP contribution >= 0.6 is 46.9 Å². The van der Waals surface area contributed by atoms with Crippen LogP contribution in [0.2, 0.25) is 5.02 Å². The number of aromatic nitrogens is 1. The molecule has 1 aromatic carbocycles. The molecule has 0 saturated heterocycles. The van der Waals surface area contributed by atoms with Crippen molar-refractivity contribution >= 4 is 52.9 Å². The van der Waals surface area contributed by atoms with E-state index in [1.165, 1.54) is 17.0 Å². The molecule has 1 heterocycles. The Hall–Kier alpha value is -1.20. The molecule has 0 amide bonds. The number of rotatable bonds is 7. The van der Waals surface area contributed by atoms with Crippen molar-refractivity contribution in [2.24, 2.45) is 4.99 Å². The molecule has 0 saturated carbocycles. The molecule has 0 unspecified atom stereocenters. The topological polar surface area (TPSA) is 58.5 Å². The molecule has 5 nitrogen and oxygen atoms in total. The molecule has 0 atom stereocenters. The first-order chi connectivity index (χ1) is 12.4. The monoisotopic (exact) mass is 530 g/mol. The molecule has 0 aliphatic rings. The normalized spacial score (nSPS) is 11.3. The molecule has 0 radical (unpaired) electrons. The van der Waals surface area contributed by atoms with Gasteiger partial charge in [-0.25, -0.2) is 4.98 Å². The summed E-state index contributed by atoms with van der Waals surface area (Å²) in [6, 6.07) is 4.52. The van der Waals surface area contributed by atoms with E-state index in [-0.39, 0.29) is 36.3 Å². The van der Waals surface area contributed by atoms with Gasteiger partial charge in [-0.2, -0.15) is 8.78 Å². The van der Waals surface area contributed by atoms with Crippen LogP contribution in [0.1, 0.15) is 21.1 Å². The number of nitrogens with one attached hydrogen (secondary N) is 2. The predicted octanol–water partition coefficient (Wildman–Crippen LogP) is 4.54. The van der Waals surface area contributed by atoms with Crippen molar-refractivity contribution in [1.82, 2.24) is 15.6 Å². The van der Waals surface area contributed by atoms with Crippen molar-refractivity contribution in [2.45, 2.75) is 33.4 Å². The Labute approximate surface area is 183 Å². The molecule has 10 heteroatoms. The molecule has 0 bridgehead atoms. The average Bonchev–Trinajstić information content (AvgIpc) is 2.90. The summed E-state index contributed by atoms with van der Waals surface area (Å²) in [4.78, 5) is 9.77. The Bertz CT molecular complexity index is 773. The smallest absolute Gasteiger partial charge is 0.387 e. The third-order valence-electron chi connectivity index (χ3n) is 3.55. The number of guanidine groups is 1. The molecular weight excluding hydrogens is 509 g/mol. The first kappa shape index (κ1) is 23.8. The second-order valence-electron chi connectivity index (χ2n) is 5.47. The predicted molar refractivity (Wildman–Crippen MR) is 117 cm³/mol. The van der Waals surface area contributed by atoms with E-state index in [1.807, 2.05) is 13.8 Å². The fraction of sp³-hybridized carbons (Fsp3) is 0.412. The van der Waals surface area contributed by atoms with Gasteiger partial charge in [0.1, 0.15) is 5.75 Å². The highest BCUT2D eigenvalue weighted by Crippen LogP contribution is 2.24. The van der Waals surface area contributed by atoms with Gasteiger partial charge in [0, 0.05) is 42.0 Å². The van der Waals surface area contributed by atoms with Gasteiger partial charge in [-0.05, 0) is 32.0 Å². The Kier molecular flexibility index (Phi) is 10.2. The average molecular weight is 531 g/mol. The minimum Gasteiger partial charge on any atom is -0.434 e. The fourth-order valence-electron chi connectivity index (χ4n) is 2.40. The number of hydrogen-bond acceptors (Lipinski definition) is 4. The van der Waals surface area contributed by atoms with Gasteiger partial charge in [0.05, 0.1) is 10.7 Å². The molecule has 2 N–H and O–H groups in total. The first-order valence-electron chi connectivity index (χ1n) is 7.99. The van der Waals surface area contributed by atoms with E-state index >= 15 is 0 Å². The highest BCUT2D eigenvalue weighted by Gasteiger charge is 2.11. The molecular formula is C17H22ClF2IN4OS. The van der Waals surface area contributed by atoms with Gasteiger partial charge >= 0.3 is 6.61 Å². The maximum Gasteiger partial charge on any atom is 0.387 e. The summed E-state index contributed by atoms with van der Waals surface area (Å²) in [7, 11) is 1.64. The number of ether oxygens (including phenoxy) is 1. The summed E-state index contributed by atoms with van der Waals surface area (Å²) in [6.45, 7) is 2.02. The zero-order valence-corrected chi connectivity index (χ0v) is 19.1. The second-order valence-corrected chi connectivity index (χ2v) is 7.20. The van der Waals surface area contributed by atoms with Crippen LogP contribution in [0.3, 0.4) is 0 Å². The number of aryl methyl sites for hydroxylation is 2. The van der Waals surface area contributed by atoms with Gasteiger partial charge in [-0.3, -0.25) is 4.99 Å². The lowest BCUT2D eigenvalue weighted by Crippen LogP contribution is -2.38. The summed E-state index contributed by atoms with van der Waals surface area (Å²) in [6.07, 6.45) is 0.828. The highest BCUT2D eigenvalue weighted by molar-refractivity contribution is 14.0. The van der Waals surface area contributed by atoms with Crippen LogP contribution in [0.25, 0.3) is 0 Å². The van der Waals surface area contributed by atoms with Crippen LogP contribution in [-0.2, 0) is 13.0 Å². The first-order valence-corrected chi connectivity index (χ1v) is 9.19. The third kappa shape index (κ3) is 7.74. The number of hydrogen-bond donors (Lipinski definition) is 2. The zero-order valence-electron chi connectivity index (χ0n) is 15.2. The molecule has 0 aliphatic carbocycles. The summed E-state index contributed by atoms with van der Waals surface area (Å²) in [5.41, 5.74) is 1.57. The third-order valence-corrected chi connectivity index (χ3v) is 4.92. The van der Waals surface area contributed by atoms with Gasteiger partial charge in [-0.1, -0.05) is 11.6 Å². The second kappa shape index (κ2) is 11.6. The van der Waals surface area contributed by atoms with E-state index in [0.29, 0.717) is 23.1 Å². The van der Waals surface area contributed by atoms with Crippen molar-refractivity contribution in [3.05, 3.63) is 44.4 Å². The summed E-state index contributed by atoms with van der Waals surface area (Å²) in [5.74, 6) is 0.648. The molecule has 0 spiro atoms. The van der Waals surface area contributed by atoms with Gasteiger partial charge < -0.3 is 15.4 Å². The minimum atomic E-state index is -2.89. The maximum absolute atomic E-state index is 12.5. The lowest BCUT2D eigenvalue weighted by molar-refractivity contribution is -0.0504. The molecule has 0 fully saturated rings. The number of halogens is 4. The van der Waals surface area contributed by atoms with Crippen molar-refractivity contribution < 1.29 is 13.5 Å². The molecule has 2 rings (SSSR count). The van der Waals surface area contributed by atoms with E-state index in [1.54, 1.807) is 24.5 Å².